The molecule has 1 heterocycles. The smallest absolute Gasteiger partial charge is 0.191 e. The lowest BCUT2D eigenvalue weighted by Crippen LogP contribution is -2.39. The van der Waals surface area contributed by atoms with E-state index in [9.17, 15) is 0 Å². The second kappa shape index (κ2) is 13.3. The number of hydrogen-bond acceptors (Lipinski definition) is 4. The van der Waals surface area contributed by atoms with Crippen molar-refractivity contribution in [3.8, 4) is 5.75 Å². The summed E-state index contributed by atoms with van der Waals surface area (Å²) in [6.45, 7) is 10.4. The first-order valence-electron chi connectivity index (χ1n) is 10.4. The third-order valence-electron chi connectivity index (χ3n) is 4.76. The fourth-order valence-corrected chi connectivity index (χ4v) is 3.12. The first-order valence-corrected chi connectivity index (χ1v) is 10.4. The number of halogens is 1. The maximum Gasteiger partial charge on any atom is 0.191 e. The third-order valence-corrected chi connectivity index (χ3v) is 4.76. The van der Waals surface area contributed by atoms with Crippen molar-refractivity contribution >= 4 is 35.6 Å². The number of anilines is 1. The molecule has 1 saturated heterocycles. The molecule has 0 radical (unpaired) electrons. The molecule has 6 nitrogen and oxygen atoms in total. The first kappa shape index (κ1) is 24.3. The quantitative estimate of drug-likeness (QED) is 0.239. The van der Waals surface area contributed by atoms with E-state index in [0.717, 1.165) is 44.6 Å². The van der Waals surface area contributed by atoms with E-state index >= 15 is 0 Å². The van der Waals surface area contributed by atoms with Crippen molar-refractivity contribution in [2.75, 3.05) is 50.9 Å². The second-order valence-electron chi connectivity index (χ2n) is 7.05. The Hall–Kier alpha value is -2.00. The van der Waals surface area contributed by atoms with E-state index in [1.807, 2.05) is 12.1 Å². The van der Waals surface area contributed by atoms with Crippen molar-refractivity contribution in [1.82, 2.24) is 10.6 Å². The van der Waals surface area contributed by atoms with Crippen LogP contribution in [0.2, 0.25) is 0 Å². The van der Waals surface area contributed by atoms with Crippen LogP contribution in [0, 0.1) is 6.92 Å². The number of nitrogens with zero attached hydrogens (tertiary/aromatic N) is 2. The monoisotopic (exact) mass is 524 g/mol. The molecule has 1 aliphatic heterocycles. The van der Waals surface area contributed by atoms with Crippen molar-refractivity contribution < 1.29 is 9.47 Å². The van der Waals surface area contributed by atoms with Gasteiger partial charge in [0.1, 0.15) is 12.4 Å². The molecule has 0 aromatic heterocycles. The molecule has 0 aliphatic carbocycles. The summed E-state index contributed by atoms with van der Waals surface area (Å²) < 4.78 is 11.2. The summed E-state index contributed by atoms with van der Waals surface area (Å²) in [5.74, 6) is 1.69. The third kappa shape index (κ3) is 8.02. The van der Waals surface area contributed by atoms with Crippen molar-refractivity contribution in [2.45, 2.75) is 20.4 Å². The zero-order valence-corrected chi connectivity index (χ0v) is 20.2. The predicted octanol–water partition coefficient (Wildman–Crippen LogP) is 3.58. The first-order chi connectivity index (χ1) is 14.2. The highest BCUT2D eigenvalue weighted by Crippen LogP contribution is 2.17. The Morgan fingerprint density at radius 3 is 2.40 bits per heavy atom. The Kier molecular flexibility index (Phi) is 10.8. The van der Waals surface area contributed by atoms with Gasteiger partial charge in [-0.2, -0.15) is 0 Å². The zero-order valence-electron chi connectivity index (χ0n) is 17.9. The molecule has 2 aromatic rings. The van der Waals surface area contributed by atoms with Gasteiger partial charge in [-0.1, -0.05) is 29.8 Å². The molecule has 1 fully saturated rings. The number of rotatable bonds is 8. The van der Waals surface area contributed by atoms with E-state index in [-0.39, 0.29) is 24.0 Å². The Morgan fingerprint density at radius 2 is 1.73 bits per heavy atom. The molecule has 1 aliphatic rings. The molecular weight excluding hydrogens is 491 g/mol. The highest BCUT2D eigenvalue weighted by molar-refractivity contribution is 14.0. The van der Waals surface area contributed by atoms with Gasteiger partial charge in [0.2, 0.25) is 0 Å². The lowest BCUT2D eigenvalue weighted by atomic mass is 10.2. The van der Waals surface area contributed by atoms with Crippen LogP contribution in [-0.4, -0.2) is 52.0 Å². The molecular formula is C23H33IN4O2. The molecule has 30 heavy (non-hydrogen) atoms. The SMILES string of the molecule is CCNC(=NCc1ccc(N2CCOCC2)cc1)NCCOc1ccc(C)cc1.I. The minimum Gasteiger partial charge on any atom is -0.492 e. The number of hydrogen-bond donors (Lipinski definition) is 2. The standard InChI is InChI=1S/C23H32N4O2.HI/c1-3-24-23(25-12-15-29-22-10-4-19(2)5-11-22)26-18-20-6-8-21(9-7-20)27-13-16-28-17-14-27;/h4-11H,3,12-18H2,1-2H3,(H2,24,25,26);1H. The second-order valence-corrected chi connectivity index (χ2v) is 7.05. The van der Waals surface area contributed by atoms with Gasteiger partial charge < -0.3 is 25.0 Å². The maximum atomic E-state index is 5.76. The number of aryl methyl sites for hydroxylation is 1. The average Bonchev–Trinajstić information content (AvgIpc) is 2.77. The molecule has 0 spiro atoms. The minimum atomic E-state index is 0. The van der Waals surface area contributed by atoms with Crippen LogP contribution in [0.1, 0.15) is 18.1 Å². The fraction of sp³-hybridized carbons (Fsp3) is 0.435. The molecule has 0 saturated carbocycles. The molecule has 0 amide bonds. The highest BCUT2D eigenvalue weighted by Gasteiger charge is 2.10. The van der Waals surface area contributed by atoms with Gasteiger partial charge >= 0.3 is 0 Å². The Labute approximate surface area is 197 Å². The van der Waals surface area contributed by atoms with Gasteiger partial charge in [0.15, 0.2) is 5.96 Å². The average molecular weight is 524 g/mol. The topological polar surface area (TPSA) is 58.1 Å². The number of benzene rings is 2. The summed E-state index contributed by atoms with van der Waals surface area (Å²) in [7, 11) is 0. The molecule has 7 heteroatoms. The van der Waals surface area contributed by atoms with Gasteiger partial charge in [0, 0.05) is 25.3 Å². The van der Waals surface area contributed by atoms with Gasteiger partial charge in [-0.3, -0.25) is 0 Å². The van der Waals surface area contributed by atoms with Crippen molar-refractivity contribution in [2.24, 2.45) is 4.99 Å². The van der Waals surface area contributed by atoms with Crippen molar-refractivity contribution in [3.05, 3.63) is 59.7 Å². The van der Waals surface area contributed by atoms with E-state index in [0.29, 0.717) is 19.7 Å². The fourth-order valence-electron chi connectivity index (χ4n) is 3.12. The molecule has 0 bridgehead atoms. The zero-order chi connectivity index (χ0) is 20.3. The lowest BCUT2D eigenvalue weighted by Gasteiger charge is -2.28. The molecule has 0 atom stereocenters. The number of aliphatic imine (C=N–C) groups is 1. The van der Waals surface area contributed by atoms with Crippen LogP contribution < -0.4 is 20.3 Å². The van der Waals surface area contributed by atoms with Gasteiger partial charge in [-0.15, -0.1) is 24.0 Å². The largest absolute Gasteiger partial charge is 0.492 e. The minimum absolute atomic E-state index is 0. The van der Waals surface area contributed by atoms with Crippen LogP contribution in [0.5, 0.6) is 5.75 Å². The molecule has 3 rings (SSSR count). The number of nitrogens with one attached hydrogen (secondary N) is 2. The summed E-state index contributed by atoms with van der Waals surface area (Å²) in [5.41, 5.74) is 3.67. The Bertz CT molecular complexity index is 760. The lowest BCUT2D eigenvalue weighted by molar-refractivity contribution is 0.122. The summed E-state index contributed by atoms with van der Waals surface area (Å²) in [6, 6.07) is 16.7. The van der Waals surface area contributed by atoms with Crippen molar-refractivity contribution in [3.63, 3.8) is 0 Å². The Morgan fingerprint density at radius 1 is 1.03 bits per heavy atom. The number of ether oxygens (including phenoxy) is 2. The van der Waals surface area contributed by atoms with Gasteiger partial charge in [-0.05, 0) is 43.7 Å². The van der Waals surface area contributed by atoms with Gasteiger partial charge in [-0.25, -0.2) is 4.99 Å². The van der Waals surface area contributed by atoms with E-state index in [4.69, 9.17) is 9.47 Å². The van der Waals surface area contributed by atoms with Crippen LogP contribution >= 0.6 is 24.0 Å². The van der Waals surface area contributed by atoms with Crippen LogP contribution in [-0.2, 0) is 11.3 Å². The van der Waals surface area contributed by atoms with Crippen LogP contribution in [0.3, 0.4) is 0 Å². The van der Waals surface area contributed by atoms with E-state index in [1.165, 1.54) is 16.8 Å². The molecule has 0 unspecified atom stereocenters. The van der Waals surface area contributed by atoms with Crippen molar-refractivity contribution in [1.29, 1.82) is 0 Å². The summed E-state index contributed by atoms with van der Waals surface area (Å²) in [6.07, 6.45) is 0. The highest BCUT2D eigenvalue weighted by atomic mass is 127. The Balaban J connectivity index is 0.00000320. The number of morpholine rings is 1. The normalized spacial score (nSPS) is 14.1. The summed E-state index contributed by atoms with van der Waals surface area (Å²) in [5, 5.41) is 6.61. The van der Waals surface area contributed by atoms with E-state index in [2.05, 4.69) is 70.8 Å². The van der Waals surface area contributed by atoms with Crippen LogP contribution in [0.25, 0.3) is 0 Å². The van der Waals surface area contributed by atoms with E-state index < -0.39 is 0 Å². The molecule has 164 valence electrons. The molecule has 2 N–H and O–H groups in total. The predicted molar refractivity (Wildman–Crippen MR) is 134 cm³/mol. The van der Waals surface area contributed by atoms with Crippen LogP contribution in [0.15, 0.2) is 53.5 Å². The van der Waals surface area contributed by atoms with Gasteiger partial charge in [0.05, 0.1) is 26.3 Å². The van der Waals surface area contributed by atoms with E-state index in [1.54, 1.807) is 0 Å². The summed E-state index contributed by atoms with van der Waals surface area (Å²) >= 11 is 0. The van der Waals surface area contributed by atoms with Crippen LogP contribution in [0.4, 0.5) is 5.69 Å². The summed E-state index contributed by atoms with van der Waals surface area (Å²) in [4.78, 5) is 7.04. The van der Waals surface area contributed by atoms with Gasteiger partial charge in [0.25, 0.3) is 0 Å². The maximum absolute atomic E-state index is 5.76. The number of guanidine groups is 1. The molecule has 2 aromatic carbocycles.